The van der Waals surface area contributed by atoms with Gasteiger partial charge in [-0.25, -0.2) is 14.0 Å². The number of amides is 1. The van der Waals surface area contributed by atoms with E-state index >= 15 is 0 Å². The average Bonchev–Trinajstić information content (AvgIpc) is 2.45. The molecule has 1 aromatic rings. The maximum atomic E-state index is 14.3. The minimum Gasteiger partial charge on any atom is -0.478 e. The van der Waals surface area contributed by atoms with Crippen LogP contribution >= 0.6 is 0 Å². The summed E-state index contributed by atoms with van der Waals surface area (Å²) in [7, 11) is 0. The molecule has 1 amide bonds. The Balaban J connectivity index is 2.04. The van der Waals surface area contributed by atoms with Gasteiger partial charge in [0, 0.05) is 26.2 Å². The van der Waals surface area contributed by atoms with Crippen LogP contribution in [0.1, 0.15) is 31.1 Å². The van der Waals surface area contributed by atoms with Crippen molar-refractivity contribution in [2.75, 3.05) is 31.1 Å². The largest absolute Gasteiger partial charge is 0.478 e. The topological polar surface area (TPSA) is 70.1 Å². The van der Waals surface area contributed by atoms with Crippen LogP contribution in [0.15, 0.2) is 18.2 Å². The van der Waals surface area contributed by atoms with Crippen molar-refractivity contribution in [3.8, 4) is 0 Å². The lowest BCUT2D eigenvalue weighted by Crippen LogP contribution is -2.50. The van der Waals surface area contributed by atoms with Gasteiger partial charge in [-0.2, -0.15) is 0 Å². The van der Waals surface area contributed by atoms with E-state index in [1.54, 1.807) is 36.6 Å². The Morgan fingerprint density at radius 1 is 1.17 bits per heavy atom. The maximum Gasteiger partial charge on any atom is 0.410 e. The van der Waals surface area contributed by atoms with E-state index in [9.17, 15) is 14.0 Å². The number of aromatic carboxylic acids is 1. The van der Waals surface area contributed by atoms with E-state index < -0.39 is 23.5 Å². The van der Waals surface area contributed by atoms with Crippen molar-refractivity contribution in [3.05, 3.63) is 29.6 Å². The molecular formula is C16H21FN2O4. The highest BCUT2D eigenvalue weighted by Gasteiger charge is 2.27. The maximum absolute atomic E-state index is 14.3. The van der Waals surface area contributed by atoms with Crippen LogP contribution in [0.4, 0.5) is 14.9 Å². The van der Waals surface area contributed by atoms with Gasteiger partial charge in [-0.3, -0.25) is 0 Å². The molecule has 1 aromatic carbocycles. The van der Waals surface area contributed by atoms with Gasteiger partial charge in [-0.15, -0.1) is 0 Å². The number of hydrogen-bond donors (Lipinski definition) is 1. The molecule has 7 heteroatoms. The second-order valence-electron chi connectivity index (χ2n) is 6.40. The first-order valence-electron chi connectivity index (χ1n) is 7.44. The molecule has 1 aliphatic heterocycles. The molecule has 0 aromatic heterocycles. The van der Waals surface area contributed by atoms with Crippen LogP contribution in [0.25, 0.3) is 0 Å². The smallest absolute Gasteiger partial charge is 0.410 e. The molecule has 1 aliphatic rings. The number of carbonyl (C=O) groups is 2. The number of halogens is 1. The summed E-state index contributed by atoms with van der Waals surface area (Å²) in [4.78, 5) is 26.3. The average molecular weight is 324 g/mol. The molecule has 1 saturated heterocycles. The molecule has 0 spiro atoms. The predicted molar refractivity (Wildman–Crippen MR) is 83.4 cm³/mol. The number of carboxylic acids is 1. The Labute approximate surface area is 134 Å². The highest BCUT2D eigenvalue weighted by atomic mass is 19.1. The minimum absolute atomic E-state index is 0.244. The summed E-state index contributed by atoms with van der Waals surface area (Å²) < 4.78 is 19.6. The van der Waals surface area contributed by atoms with E-state index in [0.717, 1.165) is 0 Å². The summed E-state index contributed by atoms with van der Waals surface area (Å²) in [6.07, 6.45) is -0.392. The molecule has 1 fully saturated rings. The number of ether oxygens (including phenoxy) is 1. The van der Waals surface area contributed by atoms with Gasteiger partial charge in [-0.1, -0.05) is 6.07 Å². The van der Waals surface area contributed by atoms with Crippen molar-refractivity contribution in [1.82, 2.24) is 4.90 Å². The van der Waals surface area contributed by atoms with Crippen molar-refractivity contribution in [3.63, 3.8) is 0 Å². The highest BCUT2D eigenvalue weighted by molar-refractivity contribution is 5.89. The Hall–Kier alpha value is -2.31. The standard InChI is InChI=1S/C16H21FN2O4/c1-16(2,3)23-15(22)19-9-7-18(8-10-19)12-6-4-5-11(13(12)17)14(20)21/h4-6H,7-10H2,1-3H3,(H,20,21). The molecule has 0 aliphatic carbocycles. The third-order valence-corrected chi connectivity index (χ3v) is 3.48. The first-order valence-corrected chi connectivity index (χ1v) is 7.44. The van der Waals surface area contributed by atoms with Gasteiger partial charge in [0.1, 0.15) is 5.60 Å². The third kappa shape index (κ3) is 4.12. The predicted octanol–water partition coefficient (Wildman–Crippen LogP) is 2.58. The Morgan fingerprint density at radius 2 is 1.78 bits per heavy atom. The first-order chi connectivity index (χ1) is 10.7. The number of carboxylic acid groups (broad SMARTS) is 1. The van der Waals surface area contributed by atoms with Crippen LogP contribution in [-0.2, 0) is 4.74 Å². The van der Waals surface area contributed by atoms with Gasteiger partial charge in [0.05, 0.1) is 11.3 Å². The SMILES string of the molecule is CC(C)(C)OC(=O)N1CCN(c2cccc(C(=O)O)c2F)CC1. The lowest BCUT2D eigenvalue weighted by atomic mass is 10.1. The first kappa shape index (κ1) is 17.1. The van der Waals surface area contributed by atoms with E-state index in [1.165, 1.54) is 12.1 Å². The molecule has 0 saturated carbocycles. The van der Waals surface area contributed by atoms with Crippen molar-refractivity contribution in [2.24, 2.45) is 0 Å². The van der Waals surface area contributed by atoms with E-state index in [2.05, 4.69) is 0 Å². The van der Waals surface area contributed by atoms with Crippen LogP contribution < -0.4 is 4.90 Å². The Kier molecular flexibility index (Phi) is 4.77. The number of piperazine rings is 1. The van der Waals surface area contributed by atoms with Crippen molar-refractivity contribution < 1.29 is 23.8 Å². The molecule has 23 heavy (non-hydrogen) atoms. The molecule has 0 atom stereocenters. The van der Waals surface area contributed by atoms with Crippen molar-refractivity contribution >= 4 is 17.7 Å². The summed E-state index contributed by atoms with van der Waals surface area (Å²) in [5, 5.41) is 8.98. The van der Waals surface area contributed by atoms with Crippen molar-refractivity contribution in [1.29, 1.82) is 0 Å². The van der Waals surface area contributed by atoms with Gasteiger partial charge < -0.3 is 19.6 Å². The van der Waals surface area contributed by atoms with Gasteiger partial charge in [0.25, 0.3) is 0 Å². The minimum atomic E-state index is -1.29. The zero-order valence-corrected chi connectivity index (χ0v) is 13.5. The fraction of sp³-hybridized carbons (Fsp3) is 0.500. The molecule has 6 nitrogen and oxygen atoms in total. The monoisotopic (exact) mass is 324 g/mol. The summed E-state index contributed by atoms with van der Waals surface area (Å²) >= 11 is 0. The van der Waals surface area contributed by atoms with Crippen LogP contribution in [0, 0.1) is 5.82 Å². The number of benzene rings is 1. The summed E-state index contributed by atoms with van der Waals surface area (Å²) in [5.41, 5.74) is -0.665. The van der Waals surface area contributed by atoms with Gasteiger partial charge in [-0.05, 0) is 32.9 Å². The molecule has 0 radical (unpaired) electrons. The molecule has 126 valence electrons. The number of rotatable bonds is 2. The fourth-order valence-electron chi connectivity index (χ4n) is 2.39. The van der Waals surface area contributed by atoms with Crippen LogP contribution in [0.5, 0.6) is 0 Å². The molecule has 0 bridgehead atoms. The van der Waals surface area contributed by atoms with Crippen LogP contribution in [0.2, 0.25) is 0 Å². The molecule has 1 N–H and O–H groups in total. The summed E-state index contributed by atoms with van der Waals surface area (Å²) in [6, 6.07) is 4.30. The van der Waals surface area contributed by atoms with Gasteiger partial charge in [0.15, 0.2) is 5.82 Å². The Morgan fingerprint density at radius 3 is 2.30 bits per heavy atom. The number of anilines is 1. The number of hydrogen-bond acceptors (Lipinski definition) is 4. The Bertz CT molecular complexity index is 605. The second-order valence-corrected chi connectivity index (χ2v) is 6.40. The van der Waals surface area contributed by atoms with Crippen LogP contribution in [0.3, 0.4) is 0 Å². The third-order valence-electron chi connectivity index (χ3n) is 3.48. The molecular weight excluding hydrogens is 303 g/mol. The van der Waals surface area contributed by atoms with E-state index in [-0.39, 0.29) is 11.3 Å². The molecule has 1 heterocycles. The normalized spacial score (nSPS) is 15.5. The van der Waals surface area contributed by atoms with E-state index in [0.29, 0.717) is 26.2 Å². The number of carbonyl (C=O) groups excluding carboxylic acids is 1. The van der Waals surface area contributed by atoms with Gasteiger partial charge in [0.2, 0.25) is 0 Å². The fourth-order valence-corrected chi connectivity index (χ4v) is 2.39. The van der Waals surface area contributed by atoms with Gasteiger partial charge >= 0.3 is 12.1 Å². The second kappa shape index (κ2) is 6.44. The highest BCUT2D eigenvalue weighted by Crippen LogP contribution is 2.24. The van der Waals surface area contributed by atoms with Crippen LogP contribution in [-0.4, -0.2) is 53.8 Å². The number of nitrogens with zero attached hydrogens (tertiary/aromatic N) is 2. The molecule has 2 rings (SSSR count). The lowest BCUT2D eigenvalue weighted by molar-refractivity contribution is 0.0240. The molecule has 0 unspecified atom stereocenters. The lowest BCUT2D eigenvalue weighted by Gasteiger charge is -2.36. The zero-order valence-electron chi connectivity index (χ0n) is 13.5. The summed E-state index contributed by atoms with van der Waals surface area (Å²) in [6.45, 7) is 7.02. The van der Waals surface area contributed by atoms with E-state index in [4.69, 9.17) is 9.84 Å². The van der Waals surface area contributed by atoms with E-state index in [1.807, 2.05) is 0 Å². The summed E-state index contributed by atoms with van der Waals surface area (Å²) in [5.74, 6) is -2.04. The quantitative estimate of drug-likeness (QED) is 0.905. The zero-order chi connectivity index (χ0) is 17.2. The van der Waals surface area contributed by atoms with Crippen molar-refractivity contribution in [2.45, 2.75) is 26.4 Å².